The quantitative estimate of drug-likeness (QED) is 0.681. The predicted octanol–water partition coefficient (Wildman–Crippen LogP) is 1.36. The molecule has 0 heterocycles. The van der Waals surface area contributed by atoms with Gasteiger partial charge in [0.15, 0.2) is 0 Å². The lowest BCUT2D eigenvalue weighted by molar-refractivity contribution is 0.263. The summed E-state index contributed by atoms with van der Waals surface area (Å²) < 4.78 is 0. The van der Waals surface area contributed by atoms with E-state index in [1.54, 1.807) is 0 Å². The maximum absolute atomic E-state index is 8.86. The molecule has 90 valence electrons. The molecular weight excluding hydrogens is 200 g/mol. The number of aliphatic hydroxyl groups excluding tert-OH is 1. The van der Waals surface area contributed by atoms with Gasteiger partial charge >= 0.3 is 0 Å². The fourth-order valence-electron chi connectivity index (χ4n) is 1.72. The van der Waals surface area contributed by atoms with Gasteiger partial charge in [-0.25, -0.2) is 0 Å². The number of aliphatic hydroxyl groups is 1. The van der Waals surface area contributed by atoms with Crippen molar-refractivity contribution in [3.8, 4) is 0 Å². The maximum Gasteiger partial charge on any atom is 0.0446 e. The average molecular weight is 222 g/mol. The van der Waals surface area contributed by atoms with E-state index in [0.717, 1.165) is 6.42 Å². The Morgan fingerprint density at radius 3 is 2.44 bits per heavy atom. The molecule has 1 aromatic rings. The van der Waals surface area contributed by atoms with Gasteiger partial charge in [0, 0.05) is 25.2 Å². The zero-order chi connectivity index (χ0) is 12.0. The van der Waals surface area contributed by atoms with Crippen LogP contribution in [-0.2, 0) is 0 Å². The zero-order valence-corrected chi connectivity index (χ0v) is 10.1. The Labute approximate surface area is 97.7 Å². The first-order valence-electron chi connectivity index (χ1n) is 5.81. The summed E-state index contributed by atoms with van der Waals surface area (Å²) in [6, 6.07) is 8.84. The summed E-state index contributed by atoms with van der Waals surface area (Å²) in [6.07, 6.45) is 0.752. The average Bonchev–Trinajstić information content (AvgIpc) is 2.27. The number of hydrogen-bond acceptors (Lipinski definition) is 3. The molecule has 0 aliphatic heterocycles. The SMILES string of the molecule is Cc1ccc(C(CN)NC(C)CCO)cc1. The number of nitrogens with two attached hydrogens (primary N) is 1. The van der Waals surface area contributed by atoms with Crippen LogP contribution in [0, 0.1) is 6.92 Å². The van der Waals surface area contributed by atoms with E-state index in [4.69, 9.17) is 10.8 Å². The molecule has 0 aromatic heterocycles. The second-order valence-electron chi connectivity index (χ2n) is 4.28. The minimum Gasteiger partial charge on any atom is -0.396 e. The standard InChI is InChI=1S/C13H22N2O/c1-10-3-5-12(6-4-10)13(9-14)15-11(2)7-8-16/h3-6,11,13,15-16H,7-9,14H2,1-2H3. The van der Waals surface area contributed by atoms with Crippen LogP contribution in [0.3, 0.4) is 0 Å². The third-order valence-corrected chi connectivity index (χ3v) is 2.76. The van der Waals surface area contributed by atoms with Gasteiger partial charge in [0.25, 0.3) is 0 Å². The van der Waals surface area contributed by atoms with Gasteiger partial charge in [0.05, 0.1) is 0 Å². The summed E-state index contributed by atoms with van der Waals surface area (Å²) in [5.74, 6) is 0. The summed E-state index contributed by atoms with van der Waals surface area (Å²) in [7, 11) is 0. The number of rotatable bonds is 6. The van der Waals surface area contributed by atoms with Crippen molar-refractivity contribution in [2.45, 2.75) is 32.4 Å². The van der Waals surface area contributed by atoms with Crippen LogP contribution in [0.2, 0.25) is 0 Å². The van der Waals surface area contributed by atoms with Crippen LogP contribution in [0.25, 0.3) is 0 Å². The molecule has 0 spiro atoms. The van der Waals surface area contributed by atoms with Crippen molar-refractivity contribution in [1.29, 1.82) is 0 Å². The van der Waals surface area contributed by atoms with Gasteiger partial charge in [-0.1, -0.05) is 29.8 Å². The fraction of sp³-hybridized carbons (Fsp3) is 0.538. The molecule has 0 radical (unpaired) electrons. The minimum atomic E-state index is 0.169. The smallest absolute Gasteiger partial charge is 0.0446 e. The van der Waals surface area contributed by atoms with Crippen LogP contribution in [0.4, 0.5) is 0 Å². The molecule has 0 amide bonds. The fourth-order valence-corrected chi connectivity index (χ4v) is 1.72. The van der Waals surface area contributed by atoms with E-state index < -0.39 is 0 Å². The first-order valence-corrected chi connectivity index (χ1v) is 5.81. The van der Waals surface area contributed by atoms with Crippen molar-refractivity contribution in [2.24, 2.45) is 5.73 Å². The first-order chi connectivity index (χ1) is 7.67. The van der Waals surface area contributed by atoms with E-state index >= 15 is 0 Å². The first kappa shape index (κ1) is 13.2. The van der Waals surface area contributed by atoms with Crippen molar-refractivity contribution in [2.75, 3.05) is 13.2 Å². The van der Waals surface area contributed by atoms with Crippen LogP contribution in [-0.4, -0.2) is 24.3 Å². The summed E-state index contributed by atoms with van der Waals surface area (Å²) in [5, 5.41) is 12.3. The van der Waals surface area contributed by atoms with Gasteiger partial charge in [-0.15, -0.1) is 0 Å². The Balaban J connectivity index is 2.63. The van der Waals surface area contributed by atoms with E-state index in [-0.39, 0.29) is 18.7 Å². The highest BCUT2D eigenvalue weighted by Crippen LogP contribution is 2.13. The van der Waals surface area contributed by atoms with Crippen molar-refractivity contribution in [3.63, 3.8) is 0 Å². The van der Waals surface area contributed by atoms with Crippen LogP contribution in [0.15, 0.2) is 24.3 Å². The van der Waals surface area contributed by atoms with Gasteiger partial charge in [0.2, 0.25) is 0 Å². The van der Waals surface area contributed by atoms with Gasteiger partial charge in [-0.3, -0.25) is 0 Å². The van der Waals surface area contributed by atoms with Crippen molar-refractivity contribution in [3.05, 3.63) is 35.4 Å². The Bertz CT molecular complexity index is 297. The second kappa shape index (κ2) is 6.63. The summed E-state index contributed by atoms with van der Waals surface area (Å²) in [4.78, 5) is 0. The highest BCUT2D eigenvalue weighted by molar-refractivity contribution is 5.24. The summed E-state index contributed by atoms with van der Waals surface area (Å²) in [5.41, 5.74) is 8.22. The number of hydrogen-bond donors (Lipinski definition) is 3. The highest BCUT2D eigenvalue weighted by Gasteiger charge is 2.11. The molecule has 1 rings (SSSR count). The highest BCUT2D eigenvalue weighted by atomic mass is 16.3. The Hall–Kier alpha value is -0.900. The molecule has 0 fully saturated rings. The third kappa shape index (κ3) is 3.93. The maximum atomic E-state index is 8.86. The molecule has 0 bridgehead atoms. The van der Waals surface area contributed by atoms with E-state index in [1.165, 1.54) is 11.1 Å². The largest absolute Gasteiger partial charge is 0.396 e. The molecule has 3 nitrogen and oxygen atoms in total. The molecule has 0 saturated carbocycles. The molecular formula is C13H22N2O. The molecule has 0 aliphatic rings. The number of nitrogens with one attached hydrogen (secondary N) is 1. The molecule has 1 aromatic carbocycles. The molecule has 0 aliphatic carbocycles. The Kier molecular flexibility index (Phi) is 5.46. The summed E-state index contributed by atoms with van der Waals surface area (Å²) >= 11 is 0. The van der Waals surface area contributed by atoms with E-state index in [2.05, 4.69) is 43.4 Å². The number of aryl methyl sites for hydroxylation is 1. The molecule has 4 N–H and O–H groups in total. The molecule has 2 unspecified atom stereocenters. The molecule has 2 atom stereocenters. The van der Waals surface area contributed by atoms with Gasteiger partial charge in [-0.05, 0) is 25.8 Å². The predicted molar refractivity (Wildman–Crippen MR) is 67.3 cm³/mol. The molecule has 3 heteroatoms. The third-order valence-electron chi connectivity index (χ3n) is 2.76. The van der Waals surface area contributed by atoms with Gasteiger partial charge in [0.1, 0.15) is 0 Å². The van der Waals surface area contributed by atoms with E-state index in [0.29, 0.717) is 6.54 Å². The monoisotopic (exact) mass is 222 g/mol. The van der Waals surface area contributed by atoms with Crippen molar-refractivity contribution < 1.29 is 5.11 Å². The zero-order valence-electron chi connectivity index (χ0n) is 10.1. The second-order valence-corrected chi connectivity index (χ2v) is 4.28. The minimum absolute atomic E-state index is 0.169. The van der Waals surface area contributed by atoms with Gasteiger partial charge < -0.3 is 16.2 Å². The van der Waals surface area contributed by atoms with Crippen LogP contribution in [0.5, 0.6) is 0 Å². The van der Waals surface area contributed by atoms with Crippen LogP contribution < -0.4 is 11.1 Å². The van der Waals surface area contributed by atoms with Crippen LogP contribution >= 0.6 is 0 Å². The van der Waals surface area contributed by atoms with E-state index in [9.17, 15) is 0 Å². The lowest BCUT2D eigenvalue weighted by atomic mass is 10.0. The lowest BCUT2D eigenvalue weighted by Crippen LogP contribution is -2.35. The number of benzene rings is 1. The van der Waals surface area contributed by atoms with Crippen LogP contribution in [0.1, 0.15) is 30.5 Å². The summed E-state index contributed by atoms with van der Waals surface area (Å²) in [6.45, 7) is 4.91. The Morgan fingerprint density at radius 2 is 1.94 bits per heavy atom. The van der Waals surface area contributed by atoms with Gasteiger partial charge in [-0.2, -0.15) is 0 Å². The molecule has 0 saturated heterocycles. The van der Waals surface area contributed by atoms with E-state index in [1.807, 2.05) is 0 Å². The molecule has 16 heavy (non-hydrogen) atoms. The Morgan fingerprint density at radius 1 is 1.31 bits per heavy atom. The van der Waals surface area contributed by atoms with Crippen molar-refractivity contribution >= 4 is 0 Å². The normalized spacial score (nSPS) is 14.8. The lowest BCUT2D eigenvalue weighted by Gasteiger charge is -2.22. The van der Waals surface area contributed by atoms with Crippen molar-refractivity contribution in [1.82, 2.24) is 5.32 Å². The topological polar surface area (TPSA) is 58.3 Å².